The highest BCUT2D eigenvalue weighted by Gasteiger charge is 2.78. The average molecular weight is 460 g/mol. The second kappa shape index (κ2) is 8.29. The Morgan fingerprint density at radius 2 is 1.91 bits per heavy atom. The summed E-state index contributed by atoms with van der Waals surface area (Å²) in [6.45, 7) is 5.35. The molecule has 1 aromatic carbocycles. The zero-order valence-electron chi connectivity index (χ0n) is 19.8. The van der Waals surface area contributed by atoms with E-state index in [1.54, 1.807) is 38.4 Å². The van der Waals surface area contributed by atoms with E-state index >= 15 is 0 Å². The Hall–Kier alpha value is -2.65. The van der Waals surface area contributed by atoms with Crippen molar-refractivity contribution in [3.8, 4) is 5.75 Å². The number of likely N-dealkylation sites (tertiary alicyclic amines) is 1. The van der Waals surface area contributed by atoms with Crippen molar-refractivity contribution in [3.63, 3.8) is 0 Å². The zero-order chi connectivity index (χ0) is 24.1. The molecule has 1 spiro atoms. The van der Waals surface area contributed by atoms with Gasteiger partial charge in [-0.05, 0) is 49.9 Å². The molecule has 1 aromatic rings. The number of aliphatic hydroxyl groups is 1. The van der Waals surface area contributed by atoms with Crippen LogP contribution in [0.3, 0.4) is 0 Å². The van der Waals surface area contributed by atoms with Crippen molar-refractivity contribution in [2.24, 2.45) is 17.8 Å². The maximum atomic E-state index is 13.9. The lowest BCUT2D eigenvalue weighted by molar-refractivity contribution is -0.149. The Bertz CT molecular complexity index is 950. The lowest BCUT2D eigenvalue weighted by Gasteiger charge is -2.38. The molecule has 4 rings (SSSR count). The highest BCUT2D eigenvalue weighted by molar-refractivity contribution is 6.03. The molecular weight excluding hydrogens is 426 g/mol. The third-order valence-electron chi connectivity index (χ3n) is 7.66. The van der Waals surface area contributed by atoms with Crippen LogP contribution in [0, 0.1) is 17.8 Å². The Labute approximate surface area is 193 Å². The van der Waals surface area contributed by atoms with Crippen LogP contribution in [0.4, 0.5) is 5.69 Å². The molecule has 0 aliphatic carbocycles. The van der Waals surface area contributed by atoms with Gasteiger partial charge in [-0.25, -0.2) is 0 Å². The van der Waals surface area contributed by atoms with Crippen LogP contribution in [-0.2, 0) is 19.1 Å². The zero-order valence-corrected chi connectivity index (χ0v) is 19.8. The molecule has 3 N–H and O–H groups in total. The van der Waals surface area contributed by atoms with Crippen LogP contribution in [0.2, 0.25) is 0 Å². The summed E-state index contributed by atoms with van der Waals surface area (Å²) in [5.74, 6) is -1.89. The number of carbonyl (C=O) groups excluding carboxylic acids is 3. The largest absolute Gasteiger partial charge is 0.497 e. The van der Waals surface area contributed by atoms with Crippen molar-refractivity contribution in [2.45, 2.75) is 56.9 Å². The van der Waals surface area contributed by atoms with E-state index in [9.17, 15) is 19.5 Å². The number of hydrogen-bond donors (Lipinski definition) is 3. The van der Waals surface area contributed by atoms with E-state index in [0.29, 0.717) is 24.3 Å². The van der Waals surface area contributed by atoms with Crippen LogP contribution in [0.15, 0.2) is 24.3 Å². The second-order valence-electron chi connectivity index (χ2n) is 9.80. The van der Waals surface area contributed by atoms with Crippen LogP contribution in [-0.4, -0.2) is 71.8 Å². The summed E-state index contributed by atoms with van der Waals surface area (Å²) in [7, 11) is 3.10. The molecule has 3 fully saturated rings. The van der Waals surface area contributed by atoms with E-state index in [1.165, 1.54) is 4.90 Å². The van der Waals surface area contributed by atoms with Gasteiger partial charge in [-0.2, -0.15) is 0 Å². The Balaban J connectivity index is 1.77. The van der Waals surface area contributed by atoms with E-state index in [1.807, 2.05) is 20.8 Å². The molecule has 6 atom stereocenters. The van der Waals surface area contributed by atoms with E-state index in [-0.39, 0.29) is 24.3 Å². The molecule has 2 bridgehead atoms. The SMILES string of the molecule is CNC(=O)[C@H]1[C@H]2C(=O)N([C@@H](CO)C(C)C)C(C(=O)Nc3ccc(OC)cc3)C23CC[C@]1(C)O3. The summed E-state index contributed by atoms with van der Waals surface area (Å²) in [6.07, 6.45) is 1.06. The first kappa shape index (κ1) is 23.5. The topological polar surface area (TPSA) is 117 Å². The van der Waals surface area contributed by atoms with Gasteiger partial charge in [0.05, 0.1) is 37.2 Å². The predicted molar refractivity (Wildman–Crippen MR) is 120 cm³/mol. The number of amides is 3. The van der Waals surface area contributed by atoms with Crippen LogP contribution >= 0.6 is 0 Å². The van der Waals surface area contributed by atoms with Crippen molar-refractivity contribution in [1.82, 2.24) is 10.2 Å². The lowest BCUT2D eigenvalue weighted by atomic mass is 9.66. The molecule has 3 aliphatic heterocycles. The van der Waals surface area contributed by atoms with Crippen molar-refractivity contribution in [3.05, 3.63) is 24.3 Å². The first-order valence-electron chi connectivity index (χ1n) is 11.4. The van der Waals surface area contributed by atoms with Gasteiger partial charge in [0.25, 0.3) is 0 Å². The molecule has 180 valence electrons. The first-order valence-corrected chi connectivity index (χ1v) is 11.4. The first-order chi connectivity index (χ1) is 15.6. The third kappa shape index (κ3) is 3.40. The number of nitrogens with one attached hydrogen (secondary N) is 2. The number of hydrogen-bond acceptors (Lipinski definition) is 6. The average Bonchev–Trinajstić information content (AvgIpc) is 3.35. The summed E-state index contributed by atoms with van der Waals surface area (Å²) >= 11 is 0. The molecule has 9 nitrogen and oxygen atoms in total. The second-order valence-corrected chi connectivity index (χ2v) is 9.80. The molecule has 9 heteroatoms. The number of ether oxygens (including phenoxy) is 2. The quantitative estimate of drug-likeness (QED) is 0.563. The highest BCUT2D eigenvalue weighted by Crippen LogP contribution is 2.63. The molecule has 3 amide bonds. The van der Waals surface area contributed by atoms with Crippen LogP contribution in [0.5, 0.6) is 5.75 Å². The van der Waals surface area contributed by atoms with Gasteiger partial charge in [0, 0.05) is 12.7 Å². The fourth-order valence-corrected chi connectivity index (χ4v) is 6.08. The van der Waals surface area contributed by atoms with Crippen LogP contribution in [0.25, 0.3) is 0 Å². The van der Waals surface area contributed by atoms with Gasteiger partial charge in [0.2, 0.25) is 17.7 Å². The minimum Gasteiger partial charge on any atom is -0.497 e. The maximum Gasteiger partial charge on any atom is 0.250 e. The number of benzene rings is 1. The Morgan fingerprint density at radius 1 is 1.24 bits per heavy atom. The monoisotopic (exact) mass is 459 g/mol. The van der Waals surface area contributed by atoms with E-state index in [0.717, 1.165) is 0 Å². The molecular formula is C24H33N3O6. The fraction of sp³-hybridized carbons (Fsp3) is 0.625. The number of fused-ring (bicyclic) bond motifs is 1. The normalized spacial score (nSPS) is 33.2. The summed E-state index contributed by atoms with van der Waals surface area (Å²) in [5.41, 5.74) is -1.39. The predicted octanol–water partition coefficient (Wildman–Crippen LogP) is 1.16. The smallest absolute Gasteiger partial charge is 0.250 e. The van der Waals surface area contributed by atoms with Crippen molar-refractivity contribution < 1.29 is 29.0 Å². The molecule has 0 aromatic heterocycles. The number of nitrogens with zero attached hydrogens (tertiary/aromatic N) is 1. The van der Waals surface area contributed by atoms with E-state index in [4.69, 9.17) is 9.47 Å². The molecule has 2 unspecified atom stereocenters. The summed E-state index contributed by atoms with van der Waals surface area (Å²) in [6, 6.07) is 5.37. The third-order valence-corrected chi connectivity index (χ3v) is 7.66. The van der Waals surface area contributed by atoms with Gasteiger partial charge in [-0.3, -0.25) is 14.4 Å². The molecule has 0 radical (unpaired) electrons. The highest BCUT2D eigenvalue weighted by atomic mass is 16.5. The van der Waals surface area contributed by atoms with Gasteiger partial charge in [0.15, 0.2) is 0 Å². The van der Waals surface area contributed by atoms with Gasteiger partial charge >= 0.3 is 0 Å². The number of aliphatic hydroxyl groups excluding tert-OH is 1. The van der Waals surface area contributed by atoms with E-state index in [2.05, 4.69) is 10.6 Å². The molecule has 33 heavy (non-hydrogen) atoms. The van der Waals surface area contributed by atoms with Gasteiger partial charge in [-0.15, -0.1) is 0 Å². The standard InChI is InChI=1S/C24H33N3O6/c1-13(2)16(12-28)27-19(21(30)26-14-6-8-15(32-5)9-7-14)24-11-10-23(3,33-24)17(20(29)25-4)18(24)22(27)31/h6-9,13,16-19,28H,10-12H2,1-5H3,(H,25,29)(H,26,30)/t16-,17+,18-,19?,23-,24?/m0/s1. The van der Waals surface area contributed by atoms with Crippen molar-refractivity contribution in [2.75, 3.05) is 26.1 Å². The molecule has 3 heterocycles. The fourth-order valence-electron chi connectivity index (χ4n) is 6.08. The molecule has 3 aliphatic rings. The lowest BCUT2D eigenvalue weighted by Crippen LogP contribution is -2.57. The summed E-state index contributed by atoms with van der Waals surface area (Å²) in [5, 5.41) is 15.7. The number of anilines is 1. The number of methoxy groups -OCH3 is 1. The van der Waals surface area contributed by atoms with Crippen LogP contribution in [0.1, 0.15) is 33.6 Å². The number of rotatable bonds is 7. The van der Waals surface area contributed by atoms with Gasteiger partial charge in [0.1, 0.15) is 17.4 Å². The number of carbonyl (C=O) groups is 3. The molecule has 3 saturated heterocycles. The van der Waals surface area contributed by atoms with E-state index < -0.39 is 41.0 Å². The molecule has 0 saturated carbocycles. The summed E-state index contributed by atoms with van der Waals surface area (Å²) < 4.78 is 11.7. The van der Waals surface area contributed by atoms with Crippen molar-refractivity contribution >= 4 is 23.4 Å². The minimum absolute atomic E-state index is 0.100. The Morgan fingerprint density at radius 3 is 2.45 bits per heavy atom. The van der Waals surface area contributed by atoms with Gasteiger partial charge in [-0.1, -0.05) is 13.8 Å². The van der Waals surface area contributed by atoms with Gasteiger partial charge < -0.3 is 30.1 Å². The maximum absolute atomic E-state index is 13.9. The Kier molecular flexibility index (Phi) is 5.90. The summed E-state index contributed by atoms with van der Waals surface area (Å²) in [4.78, 5) is 42.0. The van der Waals surface area contributed by atoms with Crippen LogP contribution < -0.4 is 15.4 Å². The van der Waals surface area contributed by atoms with Crippen molar-refractivity contribution in [1.29, 1.82) is 0 Å². The minimum atomic E-state index is -1.12.